The van der Waals surface area contributed by atoms with Crippen LogP contribution in [0.3, 0.4) is 0 Å². The first-order chi connectivity index (χ1) is 11.3. The second kappa shape index (κ2) is 6.95. The van der Waals surface area contributed by atoms with Crippen molar-refractivity contribution < 1.29 is 19.1 Å². The van der Waals surface area contributed by atoms with Gasteiger partial charge in [0.05, 0.1) is 7.11 Å². The molecule has 1 aliphatic heterocycles. The third kappa shape index (κ3) is 3.60. The average molecular weight is 330 g/mol. The molecule has 1 aromatic carbocycles. The molecular formula is C16H18N4O4. The van der Waals surface area contributed by atoms with E-state index in [1.165, 1.54) is 25.1 Å². The van der Waals surface area contributed by atoms with Crippen LogP contribution < -0.4 is 11.1 Å². The van der Waals surface area contributed by atoms with Gasteiger partial charge in [-0.2, -0.15) is 0 Å². The zero-order valence-corrected chi connectivity index (χ0v) is 13.3. The lowest BCUT2D eigenvalue weighted by molar-refractivity contribution is -0.141. The molecule has 0 aromatic heterocycles. The maximum Gasteiger partial charge on any atom is 0.356 e. The molecule has 2 rings (SSSR count). The van der Waals surface area contributed by atoms with E-state index in [1.807, 2.05) is 0 Å². The minimum absolute atomic E-state index is 0.0391. The molecule has 8 nitrogen and oxygen atoms in total. The highest BCUT2D eigenvalue weighted by atomic mass is 16.5. The van der Waals surface area contributed by atoms with Gasteiger partial charge < -0.3 is 20.7 Å². The molecule has 0 radical (unpaired) electrons. The van der Waals surface area contributed by atoms with E-state index >= 15 is 0 Å². The molecule has 8 heteroatoms. The summed E-state index contributed by atoms with van der Waals surface area (Å²) in [5.74, 6) is -1.72. The molecule has 0 saturated heterocycles. The van der Waals surface area contributed by atoms with Gasteiger partial charge in [0.15, 0.2) is 11.8 Å². The lowest BCUT2D eigenvalue weighted by Gasteiger charge is -2.32. The topological polar surface area (TPSA) is 126 Å². The molecule has 0 spiro atoms. The average Bonchev–Trinajstić information content (AvgIpc) is 2.53. The number of carbonyl (C=O) groups excluding carboxylic acids is 3. The Bertz CT molecular complexity index is 741. The predicted octanol–water partition coefficient (Wildman–Crippen LogP) is -0.126. The Balaban J connectivity index is 2.36. The standard InChI is InChI=1S/C16H18N4O4/c1-9(21)13-15(22)19-12(16(23)24-2)8-20(13)7-10-4-3-5-11(6-10)14(17)18/h3-6,8,13H,7H2,1-2H3,(H3,17,18)(H,19,22). The van der Waals surface area contributed by atoms with Crippen LogP contribution in [0.2, 0.25) is 0 Å². The Morgan fingerprint density at radius 1 is 1.42 bits per heavy atom. The number of nitrogens with zero attached hydrogens (tertiary/aromatic N) is 1. The molecule has 0 aliphatic carbocycles. The highest BCUT2D eigenvalue weighted by Gasteiger charge is 2.35. The van der Waals surface area contributed by atoms with Gasteiger partial charge in [0, 0.05) is 18.3 Å². The first kappa shape index (κ1) is 17.2. The number of benzene rings is 1. The molecule has 0 saturated carbocycles. The summed E-state index contributed by atoms with van der Waals surface area (Å²) in [5.41, 5.74) is 6.71. The van der Waals surface area contributed by atoms with Gasteiger partial charge >= 0.3 is 5.97 Å². The van der Waals surface area contributed by atoms with Crippen molar-refractivity contribution in [1.29, 1.82) is 5.41 Å². The largest absolute Gasteiger partial charge is 0.464 e. The fourth-order valence-corrected chi connectivity index (χ4v) is 2.44. The zero-order valence-electron chi connectivity index (χ0n) is 13.3. The number of hydrogen-bond acceptors (Lipinski definition) is 6. The summed E-state index contributed by atoms with van der Waals surface area (Å²) in [7, 11) is 1.20. The molecule has 1 amide bonds. The van der Waals surface area contributed by atoms with Gasteiger partial charge in [-0.25, -0.2) is 4.79 Å². The summed E-state index contributed by atoms with van der Waals surface area (Å²) < 4.78 is 4.60. The molecule has 1 atom stereocenters. The number of carbonyl (C=O) groups is 3. The number of methoxy groups -OCH3 is 1. The van der Waals surface area contributed by atoms with E-state index in [2.05, 4.69) is 10.1 Å². The van der Waals surface area contributed by atoms with Gasteiger partial charge in [-0.05, 0) is 18.6 Å². The van der Waals surface area contributed by atoms with E-state index in [9.17, 15) is 14.4 Å². The van der Waals surface area contributed by atoms with E-state index in [-0.39, 0.29) is 23.9 Å². The number of Topliss-reactive ketones (excluding diaryl/α,β-unsaturated/α-hetero) is 1. The molecule has 4 N–H and O–H groups in total. The molecule has 1 aliphatic rings. The molecule has 1 aromatic rings. The Hall–Kier alpha value is -3.16. The molecule has 24 heavy (non-hydrogen) atoms. The van der Waals surface area contributed by atoms with Crippen LogP contribution in [-0.4, -0.2) is 41.5 Å². The SMILES string of the molecule is COC(=O)C1=CN(Cc2cccc(C(=N)N)c2)C(C(C)=O)C(=O)N1. The summed E-state index contributed by atoms with van der Waals surface area (Å²) in [4.78, 5) is 37.1. The third-order valence-electron chi connectivity index (χ3n) is 3.53. The predicted molar refractivity (Wildman–Crippen MR) is 85.7 cm³/mol. The fraction of sp³-hybridized carbons (Fsp3) is 0.250. The van der Waals surface area contributed by atoms with Gasteiger partial charge in [-0.15, -0.1) is 0 Å². The Morgan fingerprint density at radius 3 is 2.71 bits per heavy atom. The zero-order chi connectivity index (χ0) is 17.9. The van der Waals surface area contributed by atoms with Crippen LogP contribution in [0.1, 0.15) is 18.1 Å². The molecular weight excluding hydrogens is 312 g/mol. The van der Waals surface area contributed by atoms with Gasteiger partial charge in [0.2, 0.25) is 0 Å². The lowest BCUT2D eigenvalue weighted by atomic mass is 10.1. The normalized spacial score (nSPS) is 16.9. The number of amidine groups is 1. The summed E-state index contributed by atoms with van der Waals surface area (Å²) in [5, 5.41) is 9.85. The second-order valence-electron chi connectivity index (χ2n) is 5.32. The summed E-state index contributed by atoms with van der Waals surface area (Å²) >= 11 is 0. The maximum atomic E-state index is 12.2. The summed E-state index contributed by atoms with van der Waals surface area (Å²) in [6.07, 6.45) is 1.39. The van der Waals surface area contributed by atoms with Crippen molar-refractivity contribution in [2.75, 3.05) is 7.11 Å². The van der Waals surface area contributed by atoms with Crippen molar-refractivity contribution in [2.24, 2.45) is 5.73 Å². The number of ketones is 1. The van der Waals surface area contributed by atoms with Crippen molar-refractivity contribution in [3.8, 4) is 0 Å². The number of nitrogen functional groups attached to an aromatic ring is 1. The van der Waals surface area contributed by atoms with Crippen LogP contribution in [0.15, 0.2) is 36.2 Å². The number of esters is 1. The van der Waals surface area contributed by atoms with E-state index in [0.29, 0.717) is 5.56 Å². The minimum atomic E-state index is -1.04. The van der Waals surface area contributed by atoms with Crippen molar-refractivity contribution in [3.63, 3.8) is 0 Å². The number of ether oxygens (including phenoxy) is 1. The van der Waals surface area contributed by atoms with E-state index in [4.69, 9.17) is 11.1 Å². The van der Waals surface area contributed by atoms with Crippen LogP contribution in [0.25, 0.3) is 0 Å². The molecule has 0 bridgehead atoms. The monoisotopic (exact) mass is 330 g/mol. The number of amides is 1. The van der Waals surface area contributed by atoms with E-state index in [1.54, 1.807) is 24.3 Å². The van der Waals surface area contributed by atoms with Crippen LogP contribution in [-0.2, 0) is 25.7 Å². The highest BCUT2D eigenvalue weighted by molar-refractivity contribution is 6.08. The Kier molecular flexibility index (Phi) is 4.98. The number of hydrogen-bond donors (Lipinski definition) is 3. The third-order valence-corrected chi connectivity index (χ3v) is 3.53. The molecule has 126 valence electrons. The Morgan fingerprint density at radius 2 is 2.12 bits per heavy atom. The van der Waals surface area contributed by atoms with Crippen LogP contribution in [0.5, 0.6) is 0 Å². The first-order valence-electron chi connectivity index (χ1n) is 7.14. The molecule has 1 heterocycles. The number of rotatable bonds is 5. The molecule has 1 unspecified atom stereocenters. The summed E-state index contributed by atoms with van der Waals surface area (Å²) in [6, 6.07) is 5.84. The lowest BCUT2D eigenvalue weighted by Crippen LogP contribution is -2.53. The van der Waals surface area contributed by atoms with Crippen molar-refractivity contribution >= 4 is 23.5 Å². The van der Waals surface area contributed by atoms with Crippen LogP contribution in [0, 0.1) is 5.41 Å². The second-order valence-corrected chi connectivity index (χ2v) is 5.32. The van der Waals surface area contributed by atoms with Crippen molar-refractivity contribution in [1.82, 2.24) is 10.2 Å². The summed E-state index contributed by atoms with van der Waals surface area (Å²) in [6.45, 7) is 1.50. The molecule has 0 fully saturated rings. The van der Waals surface area contributed by atoms with E-state index < -0.39 is 17.9 Å². The van der Waals surface area contributed by atoms with Gasteiger partial charge in [0.25, 0.3) is 5.91 Å². The Labute approximate surface area is 138 Å². The van der Waals surface area contributed by atoms with Crippen LogP contribution in [0.4, 0.5) is 0 Å². The van der Waals surface area contributed by atoms with Gasteiger partial charge in [0.1, 0.15) is 11.5 Å². The van der Waals surface area contributed by atoms with Gasteiger partial charge in [-0.3, -0.25) is 15.0 Å². The van der Waals surface area contributed by atoms with Crippen LogP contribution >= 0.6 is 0 Å². The highest BCUT2D eigenvalue weighted by Crippen LogP contribution is 2.17. The van der Waals surface area contributed by atoms with E-state index in [0.717, 1.165) is 5.56 Å². The smallest absolute Gasteiger partial charge is 0.356 e. The quantitative estimate of drug-likeness (QED) is 0.299. The maximum absolute atomic E-state index is 12.2. The number of nitrogens with one attached hydrogen (secondary N) is 2. The van der Waals surface area contributed by atoms with Crippen molar-refractivity contribution in [2.45, 2.75) is 19.5 Å². The minimum Gasteiger partial charge on any atom is -0.464 e. The van der Waals surface area contributed by atoms with Crippen molar-refractivity contribution in [3.05, 3.63) is 47.3 Å². The number of nitrogens with two attached hydrogens (primary N) is 1. The van der Waals surface area contributed by atoms with Gasteiger partial charge in [-0.1, -0.05) is 18.2 Å². The fourth-order valence-electron chi connectivity index (χ4n) is 2.44. The first-order valence-corrected chi connectivity index (χ1v) is 7.14.